The molecule has 0 unspecified atom stereocenters. The summed E-state index contributed by atoms with van der Waals surface area (Å²) in [5, 5.41) is 10.1. The van der Waals surface area contributed by atoms with Crippen LogP contribution in [0.15, 0.2) is 24.3 Å². The maximum absolute atomic E-state index is 13.4. The summed E-state index contributed by atoms with van der Waals surface area (Å²) in [6, 6.07) is 6.29. The Labute approximate surface area is 147 Å². The molecule has 4 nitrogen and oxygen atoms in total. The second-order valence-corrected chi connectivity index (χ2v) is 6.78. The van der Waals surface area contributed by atoms with E-state index in [1.807, 2.05) is 13.8 Å². The predicted molar refractivity (Wildman–Crippen MR) is 96.0 cm³/mol. The zero-order valence-electron chi connectivity index (χ0n) is 14.8. The molecular formula is C20H23FN2O2. The highest BCUT2D eigenvalue weighted by molar-refractivity contribution is 5.95. The number of anilines is 1. The summed E-state index contributed by atoms with van der Waals surface area (Å²) in [4.78, 5) is 18.7. The van der Waals surface area contributed by atoms with E-state index < -0.39 is 0 Å². The van der Waals surface area contributed by atoms with E-state index in [0.717, 1.165) is 34.4 Å². The van der Waals surface area contributed by atoms with Gasteiger partial charge in [-0.15, -0.1) is 0 Å². The number of pyridine rings is 1. The minimum atomic E-state index is -0.300. The molecule has 0 spiro atoms. The van der Waals surface area contributed by atoms with Gasteiger partial charge in [-0.25, -0.2) is 9.37 Å². The van der Waals surface area contributed by atoms with Crippen molar-refractivity contribution in [2.75, 3.05) is 11.9 Å². The SMILES string of the molecule is CC(C)c1nc2c(c(-c3ccc(F)cc3)c1CO)CCCC(=O)N2C. The average Bonchev–Trinajstić information content (AvgIpc) is 2.73. The van der Waals surface area contributed by atoms with Crippen LogP contribution >= 0.6 is 0 Å². The number of amides is 1. The minimum absolute atomic E-state index is 0.0442. The van der Waals surface area contributed by atoms with Crippen LogP contribution in [0.25, 0.3) is 11.1 Å². The van der Waals surface area contributed by atoms with Crippen LogP contribution in [-0.4, -0.2) is 23.0 Å². The summed E-state index contributed by atoms with van der Waals surface area (Å²) in [5.41, 5.74) is 4.23. The topological polar surface area (TPSA) is 53.4 Å². The fraction of sp³-hybridized carbons (Fsp3) is 0.400. The molecule has 2 heterocycles. The number of rotatable bonds is 3. The van der Waals surface area contributed by atoms with Crippen molar-refractivity contribution in [3.05, 3.63) is 46.9 Å². The number of fused-ring (bicyclic) bond motifs is 1. The Morgan fingerprint density at radius 1 is 1.24 bits per heavy atom. The van der Waals surface area contributed by atoms with E-state index in [0.29, 0.717) is 18.7 Å². The number of aromatic nitrogens is 1. The van der Waals surface area contributed by atoms with Gasteiger partial charge in [-0.3, -0.25) is 9.69 Å². The lowest BCUT2D eigenvalue weighted by molar-refractivity contribution is -0.118. The molecule has 1 amide bonds. The number of hydrogen-bond donors (Lipinski definition) is 1. The van der Waals surface area contributed by atoms with E-state index in [4.69, 9.17) is 4.98 Å². The first-order valence-corrected chi connectivity index (χ1v) is 8.63. The molecule has 0 atom stereocenters. The van der Waals surface area contributed by atoms with Gasteiger partial charge in [0.05, 0.1) is 12.3 Å². The van der Waals surface area contributed by atoms with Crippen LogP contribution in [0.3, 0.4) is 0 Å². The van der Waals surface area contributed by atoms with Gasteiger partial charge < -0.3 is 5.11 Å². The monoisotopic (exact) mass is 342 g/mol. The van der Waals surface area contributed by atoms with Crippen LogP contribution in [0.5, 0.6) is 0 Å². The first-order valence-electron chi connectivity index (χ1n) is 8.63. The third kappa shape index (κ3) is 3.16. The van der Waals surface area contributed by atoms with Gasteiger partial charge in [-0.1, -0.05) is 26.0 Å². The van der Waals surface area contributed by atoms with Gasteiger partial charge in [0.25, 0.3) is 0 Å². The van der Waals surface area contributed by atoms with Crippen LogP contribution in [-0.2, 0) is 17.8 Å². The van der Waals surface area contributed by atoms with Crippen molar-refractivity contribution >= 4 is 11.7 Å². The summed E-state index contributed by atoms with van der Waals surface area (Å²) in [7, 11) is 1.75. The third-order valence-corrected chi connectivity index (χ3v) is 4.76. The lowest BCUT2D eigenvalue weighted by atomic mass is 9.89. The van der Waals surface area contributed by atoms with Gasteiger partial charge in [0.1, 0.15) is 11.6 Å². The number of aliphatic hydroxyl groups is 1. The van der Waals surface area contributed by atoms with Crippen LogP contribution < -0.4 is 4.90 Å². The van der Waals surface area contributed by atoms with Crippen molar-refractivity contribution in [1.82, 2.24) is 4.98 Å². The molecule has 1 N–H and O–H groups in total. The van der Waals surface area contributed by atoms with Crippen LogP contribution in [0.2, 0.25) is 0 Å². The van der Waals surface area contributed by atoms with Crippen LogP contribution in [0, 0.1) is 5.82 Å². The van der Waals surface area contributed by atoms with E-state index in [2.05, 4.69) is 0 Å². The maximum Gasteiger partial charge on any atom is 0.227 e. The molecule has 0 radical (unpaired) electrons. The molecule has 0 bridgehead atoms. The number of halogens is 1. The highest BCUT2D eigenvalue weighted by atomic mass is 19.1. The molecule has 1 aromatic heterocycles. The molecule has 1 aliphatic heterocycles. The zero-order chi connectivity index (χ0) is 18.1. The number of aliphatic hydroxyl groups excluding tert-OH is 1. The molecule has 0 saturated carbocycles. The highest BCUT2D eigenvalue weighted by Crippen LogP contribution is 2.39. The lowest BCUT2D eigenvalue weighted by Gasteiger charge is -2.24. The average molecular weight is 342 g/mol. The Kier molecular flexibility index (Phi) is 4.86. The van der Waals surface area contributed by atoms with Gasteiger partial charge >= 0.3 is 0 Å². The molecule has 132 valence electrons. The molecule has 0 saturated heterocycles. The van der Waals surface area contributed by atoms with E-state index in [-0.39, 0.29) is 24.2 Å². The Hall–Kier alpha value is -2.27. The molecule has 25 heavy (non-hydrogen) atoms. The predicted octanol–water partition coefficient (Wildman–Crippen LogP) is 3.80. The molecule has 2 aromatic rings. The Balaban J connectivity index is 2.35. The van der Waals surface area contributed by atoms with Crippen molar-refractivity contribution in [1.29, 1.82) is 0 Å². The molecule has 5 heteroatoms. The minimum Gasteiger partial charge on any atom is -0.392 e. The Morgan fingerprint density at radius 3 is 2.52 bits per heavy atom. The van der Waals surface area contributed by atoms with Crippen molar-refractivity contribution < 1.29 is 14.3 Å². The van der Waals surface area contributed by atoms with Crippen molar-refractivity contribution in [2.45, 2.75) is 45.6 Å². The van der Waals surface area contributed by atoms with E-state index in [1.165, 1.54) is 12.1 Å². The van der Waals surface area contributed by atoms with Crippen molar-refractivity contribution in [3.63, 3.8) is 0 Å². The standard InChI is InChI=1S/C20H23FN2O2/c1-12(2)19-16(11-24)18(13-7-9-14(21)10-8-13)15-5-4-6-17(25)23(3)20(15)22-19/h7-10,12,24H,4-6,11H2,1-3H3. The quantitative estimate of drug-likeness (QED) is 0.923. The van der Waals surface area contributed by atoms with Crippen LogP contribution in [0.4, 0.5) is 10.2 Å². The van der Waals surface area contributed by atoms with Gasteiger partial charge in [0.15, 0.2) is 0 Å². The second kappa shape index (κ2) is 6.92. The van der Waals surface area contributed by atoms with E-state index >= 15 is 0 Å². The lowest BCUT2D eigenvalue weighted by Crippen LogP contribution is -2.27. The molecular weight excluding hydrogens is 319 g/mol. The fourth-order valence-corrected chi connectivity index (χ4v) is 3.49. The van der Waals surface area contributed by atoms with Crippen LogP contribution in [0.1, 0.15) is 49.4 Å². The number of hydrogen-bond acceptors (Lipinski definition) is 3. The summed E-state index contributed by atoms with van der Waals surface area (Å²) in [6.45, 7) is 3.89. The molecule has 3 rings (SSSR count). The largest absolute Gasteiger partial charge is 0.392 e. The third-order valence-electron chi connectivity index (χ3n) is 4.76. The summed E-state index contributed by atoms with van der Waals surface area (Å²) < 4.78 is 13.4. The maximum atomic E-state index is 13.4. The van der Waals surface area contributed by atoms with Gasteiger partial charge in [-0.2, -0.15) is 0 Å². The van der Waals surface area contributed by atoms with E-state index in [1.54, 1.807) is 24.1 Å². The van der Waals surface area contributed by atoms with Crippen molar-refractivity contribution in [2.24, 2.45) is 0 Å². The first-order chi connectivity index (χ1) is 11.9. The summed E-state index contributed by atoms with van der Waals surface area (Å²) in [6.07, 6.45) is 1.91. The molecule has 1 aromatic carbocycles. The Bertz CT molecular complexity index is 800. The summed E-state index contributed by atoms with van der Waals surface area (Å²) >= 11 is 0. The Morgan fingerprint density at radius 2 is 1.92 bits per heavy atom. The molecule has 0 aliphatic carbocycles. The smallest absolute Gasteiger partial charge is 0.227 e. The summed E-state index contributed by atoms with van der Waals surface area (Å²) in [5.74, 6) is 0.495. The van der Waals surface area contributed by atoms with Gasteiger partial charge in [0.2, 0.25) is 5.91 Å². The normalized spacial score (nSPS) is 14.6. The number of benzene rings is 1. The van der Waals surface area contributed by atoms with Gasteiger partial charge in [0, 0.05) is 24.6 Å². The first kappa shape index (κ1) is 17.5. The number of carbonyl (C=O) groups excluding carboxylic acids is 1. The number of carbonyl (C=O) groups is 1. The van der Waals surface area contributed by atoms with Crippen molar-refractivity contribution in [3.8, 4) is 11.1 Å². The van der Waals surface area contributed by atoms with E-state index in [9.17, 15) is 14.3 Å². The highest BCUT2D eigenvalue weighted by Gasteiger charge is 2.27. The second-order valence-electron chi connectivity index (χ2n) is 6.78. The fourth-order valence-electron chi connectivity index (χ4n) is 3.49. The number of nitrogens with zero attached hydrogens (tertiary/aromatic N) is 2. The van der Waals surface area contributed by atoms with Gasteiger partial charge in [-0.05, 0) is 42.0 Å². The molecule has 0 fully saturated rings. The zero-order valence-corrected chi connectivity index (χ0v) is 14.8. The molecule has 1 aliphatic rings.